The summed E-state index contributed by atoms with van der Waals surface area (Å²) in [5.74, 6) is -0.141. The van der Waals surface area contributed by atoms with E-state index in [-0.39, 0.29) is 72.2 Å². The van der Waals surface area contributed by atoms with Crippen molar-refractivity contribution in [2.24, 2.45) is 5.41 Å². The largest absolute Gasteiger partial charge is 0.490 e. The van der Waals surface area contributed by atoms with Crippen molar-refractivity contribution in [1.29, 1.82) is 0 Å². The van der Waals surface area contributed by atoms with E-state index in [9.17, 15) is 29.6 Å². The highest BCUT2D eigenvalue weighted by Crippen LogP contribution is 2.47. The molecule has 71 heavy (non-hydrogen) atoms. The normalized spacial score (nSPS) is 22.9. The third kappa shape index (κ3) is 12.4. The van der Waals surface area contributed by atoms with E-state index in [1.165, 1.54) is 22.7 Å². The summed E-state index contributed by atoms with van der Waals surface area (Å²) in [4.78, 5) is 68.3. The minimum Gasteiger partial charge on any atom is -0.490 e. The average Bonchev–Trinajstić information content (AvgIpc) is 3.96. The highest BCUT2D eigenvalue weighted by molar-refractivity contribution is 7.99. The number of benzene rings is 3. The van der Waals surface area contributed by atoms with Crippen molar-refractivity contribution in [3.05, 3.63) is 87.5 Å². The van der Waals surface area contributed by atoms with Gasteiger partial charge in [-0.2, -0.15) is 0 Å². The van der Waals surface area contributed by atoms with Gasteiger partial charge in [0.15, 0.2) is 0 Å². The maximum absolute atomic E-state index is 14.3. The number of carbonyl (C=O) groups is 3. The number of piperidine rings is 1. The number of ether oxygens (including phenoxy) is 2. The van der Waals surface area contributed by atoms with E-state index in [1.807, 2.05) is 82.6 Å². The summed E-state index contributed by atoms with van der Waals surface area (Å²) in [6.07, 6.45) is 3.56. The van der Waals surface area contributed by atoms with Crippen LogP contribution >= 0.6 is 23.1 Å². The first-order chi connectivity index (χ1) is 34.0. The molecular weight excluding hydrogens is 943 g/mol. The summed E-state index contributed by atoms with van der Waals surface area (Å²) >= 11 is 3.09. The molecule has 0 bridgehead atoms. The Morgan fingerprint density at radius 1 is 0.873 bits per heavy atom. The number of fused-ring (bicyclic) bond motifs is 2. The van der Waals surface area contributed by atoms with Crippen molar-refractivity contribution in [1.82, 2.24) is 35.2 Å². The van der Waals surface area contributed by atoms with E-state index in [1.54, 1.807) is 23.5 Å². The van der Waals surface area contributed by atoms with Crippen molar-refractivity contribution in [2.75, 3.05) is 70.8 Å². The number of aromatic nitrogens is 1. The molecule has 4 unspecified atom stereocenters. The molecule has 4 fully saturated rings. The third-order valence-electron chi connectivity index (χ3n) is 14.5. The molecule has 5 heterocycles. The Hall–Kier alpha value is -5.15. The number of piperazine rings is 1. The summed E-state index contributed by atoms with van der Waals surface area (Å²) in [6, 6.07) is 16.8. The number of amides is 3. The van der Waals surface area contributed by atoms with Crippen LogP contribution in [0.3, 0.4) is 0 Å². The first kappa shape index (κ1) is 50.8. The van der Waals surface area contributed by atoms with E-state index in [2.05, 4.69) is 35.6 Å². The number of thiazole rings is 1. The minimum atomic E-state index is -0.882. The van der Waals surface area contributed by atoms with Gasteiger partial charge in [0.05, 0.1) is 63.3 Å². The molecule has 0 radical (unpaired) electrons. The lowest BCUT2D eigenvalue weighted by Gasteiger charge is -2.40. The Morgan fingerprint density at radius 3 is 2.20 bits per heavy atom. The molecule has 1 aliphatic carbocycles. The summed E-state index contributed by atoms with van der Waals surface area (Å²) in [6.45, 7) is 17.0. The van der Waals surface area contributed by atoms with E-state index >= 15 is 0 Å². The van der Waals surface area contributed by atoms with Crippen molar-refractivity contribution in [3.8, 4) is 16.2 Å². The van der Waals surface area contributed by atoms with Gasteiger partial charge in [0, 0.05) is 100 Å². The SMILES string of the molecule is Cc1ncsc1-c1ccc(C(C)NC(=O)C2CC(O)CN2C(=O)C(NC(=O)CN2CCN(CCN3CCC(OC4CC(Oc5ccc6c(c5)Sc5cc([N+](=O)[O-])ccc5N6)C4)CC3)CC2)C(C)(C)C)cc1. The monoisotopic (exact) mass is 1010 g/mol. The molecule has 4 N–H and O–H groups in total. The Labute approximate surface area is 424 Å². The number of carbonyl (C=O) groups excluding carboxylic acids is 3. The molecule has 1 saturated carbocycles. The predicted molar refractivity (Wildman–Crippen MR) is 274 cm³/mol. The van der Waals surface area contributed by atoms with Gasteiger partial charge in [-0.1, -0.05) is 56.8 Å². The molecular formula is C52H67N9O8S2. The van der Waals surface area contributed by atoms with Gasteiger partial charge >= 0.3 is 0 Å². The van der Waals surface area contributed by atoms with Crippen LogP contribution in [0.5, 0.6) is 5.75 Å². The standard InChI is InChI=1S/C52H67N9O8S2/c1-32(34-6-8-35(9-7-34)48-33(2)53-31-70-48)54-50(64)44-25-37(62)29-60(44)51(65)49(52(3,4)5)56-47(63)30-59-22-20-58(21-23-59)19-18-57-16-14-38(15-17-57)68-40-26-41(27-40)69-39-11-13-43-46(28-39)71-45-24-36(61(66)67)10-12-42(45)55-43/h6-13,24,28,31-32,37-38,40-41,44,49,55,62H,14-23,25-27,29-30H2,1-5H3,(H,54,64)(H,56,63). The van der Waals surface area contributed by atoms with Crippen LogP contribution in [0.2, 0.25) is 0 Å². The number of aryl methyl sites for hydroxylation is 1. The molecule has 17 nitrogen and oxygen atoms in total. The lowest BCUT2D eigenvalue weighted by atomic mass is 9.85. The first-order valence-electron chi connectivity index (χ1n) is 25.0. The fraction of sp³-hybridized carbons (Fsp3) is 0.538. The summed E-state index contributed by atoms with van der Waals surface area (Å²) in [7, 11) is 0. The number of nitrogens with zero attached hydrogens (tertiary/aromatic N) is 6. The van der Waals surface area contributed by atoms with Crippen LogP contribution in [0.25, 0.3) is 10.4 Å². The van der Waals surface area contributed by atoms with Gasteiger partial charge in [-0.25, -0.2) is 4.98 Å². The van der Waals surface area contributed by atoms with Crippen LogP contribution in [0.1, 0.15) is 77.1 Å². The van der Waals surface area contributed by atoms with Gasteiger partial charge in [0.25, 0.3) is 5.69 Å². The minimum absolute atomic E-state index is 0.0231. The maximum atomic E-state index is 14.3. The highest BCUT2D eigenvalue weighted by atomic mass is 32.2. The lowest BCUT2D eigenvalue weighted by molar-refractivity contribution is -0.385. The van der Waals surface area contributed by atoms with Gasteiger partial charge in [-0.15, -0.1) is 11.3 Å². The second kappa shape index (κ2) is 21.9. The summed E-state index contributed by atoms with van der Waals surface area (Å²) in [5.41, 5.74) is 6.04. The Balaban J connectivity index is 0.660. The van der Waals surface area contributed by atoms with Gasteiger partial charge in [0.1, 0.15) is 23.9 Å². The number of β-amino-alcohol motifs (C(OH)–C–C–N with tert-alkyl or cyclic N) is 1. The summed E-state index contributed by atoms with van der Waals surface area (Å²) in [5, 5.41) is 31.5. The molecule has 3 aromatic carbocycles. The predicted octanol–water partition coefficient (Wildman–Crippen LogP) is 6.61. The highest BCUT2D eigenvalue weighted by Gasteiger charge is 2.45. The number of nitrogens with one attached hydrogen (secondary N) is 3. The molecule has 1 aromatic heterocycles. The van der Waals surface area contributed by atoms with Crippen LogP contribution < -0.4 is 20.7 Å². The first-order valence-corrected chi connectivity index (χ1v) is 26.7. The van der Waals surface area contributed by atoms with Gasteiger partial charge in [-0.05, 0) is 67.5 Å². The van der Waals surface area contributed by atoms with Crippen LogP contribution in [0.15, 0.2) is 76.0 Å². The quantitative estimate of drug-likeness (QED) is 0.0609. The van der Waals surface area contributed by atoms with Gasteiger partial charge in [0.2, 0.25) is 17.7 Å². The number of rotatable bonds is 16. The second-order valence-corrected chi connectivity index (χ2v) is 22.8. The van der Waals surface area contributed by atoms with E-state index in [0.29, 0.717) is 0 Å². The van der Waals surface area contributed by atoms with Gasteiger partial charge in [-0.3, -0.25) is 34.3 Å². The Kier molecular flexibility index (Phi) is 15.7. The number of nitro benzene ring substituents is 1. The number of likely N-dealkylation sites (tertiary alicyclic amines) is 2. The molecule has 0 spiro atoms. The van der Waals surface area contributed by atoms with Crippen LogP contribution in [0.4, 0.5) is 17.1 Å². The second-order valence-electron chi connectivity index (χ2n) is 20.8. The number of aliphatic hydroxyl groups is 1. The van der Waals surface area contributed by atoms with Gasteiger partial charge < -0.3 is 40.3 Å². The molecule has 3 amide bonds. The number of nitro groups is 1. The maximum Gasteiger partial charge on any atom is 0.270 e. The smallest absolute Gasteiger partial charge is 0.270 e. The zero-order chi connectivity index (χ0) is 50.0. The molecule has 5 aliphatic rings. The van der Waals surface area contributed by atoms with E-state index in [0.717, 1.165) is 127 Å². The fourth-order valence-electron chi connectivity index (χ4n) is 10.2. The zero-order valence-corrected chi connectivity index (χ0v) is 42.9. The number of aliphatic hydroxyl groups excluding tert-OH is 1. The molecule has 380 valence electrons. The lowest BCUT2D eigenvalue weighted by Crippen LogP contribution is -2.59. The van der Waals surface area contributed by atoms with E-state index < -0.39 is 23.6 Å². The number of anilines is 2. The van der Waals surface area contributed by atoms with Crippen LogP contribution in [-0.4, -0.2) is 154 Å². The summed E-state index contributed by atoms with van der Waals surface area (Å²) < 4.78 is 12.8. The number of non-ortho nitro benzene ring substituents is 1. The molecule has 4 aliphatic heterocycles. The van der Waals surface area contributed by atoms with Crippen LogP contribution in [-0.2, 0) is 19.1 Å². The van der Waals surface area contributed by atoms with Crippen LogP contribution in [0, 0.1) is 22.5 Å². The Bertz CT molecular complexity index is 2550. The fourth-order valence-corrected chi connectivity index (χ4v) is 12.0. The van der Waals surface area contributed by atoms with Crippen molar-refractivity contribution < 1.29 is 33.9 Å². The molecule has 19 heteroatoms. The molecule has 9 rings (SSSR count). The molecule has 3 saturated heterocycles. The van der Waals surface area contributed by atoms with E-state index in [4.69, 9.17) is 9.47 Å². The van der Waals surface area contributed by atoms with Crippen molar-refractivity contribution in [3.63, 3.8) is 0 Å². The molecule has 4 aromatic rings. The molecule has 4 atom stereocenters. The number of hydrogen-bond donors (Lipinski definition) is 4. The zero-order valence-electron chi connectivity index (χ0n) is 41.3. The van der Waals surface area contributed by atoms with Crippen molar-refractivity contribution in [2.45, 2.75) is 119 Å². The topological polar surface area (TPSA) is 195 Å². The Morgan fingerprint density at radius 2 is 1.54 bits per heavy atom. The average molecular weight is 1010 g/mol. The third-order valence-corrected chi connectivity index (χ3v) is 16.6. The van der Waals surface area contributed by atoms with Crippen molar-refractivity contribution >= 4 is 57.9 Å². The number of hydrogen-bond acceptors (Lipinski definition) is 15.